The molecule has 0 amide bonds. The van der Waals surface area contributed by atoms with Crippen LogP contribution in [0.4, 0.5) is 0 Å². The molecule has 1 aliphatic carbocycles. The number of benzene rings is 1. The van der Waals surface area contributed by atoms with Crippen molar-refractivity contribution in [2.75, 3.05) is 13.7 Å². The van der Waals surface area contributed by atoms with Gasteiger partial charge in [-0.15, -0.1) is 12.4 Å². The second-order valence-electron chi connectivity index (χ2n) is 4.04. The van der Waals surface area contributed by atoms with Gasteiger partial charge < -0.3 is 14.8 Å². The minimum absolute atomic E-state index is 0. The summed E-state index contributed by atoms with van der Waals surface area (Å²) in [5, 5.41) is 3.49. The molecule has 96 valence electrons. The first-order valence-electron chi connectivity index (χ1n) is 5.87. The summed E-state index contributed by atoms with van der Waals surface area (Å²) >= 11 is 0. The van der Waals surface area contributed by atoms with Crippen LogP contribution in [0.3, 0.4) is 0 Å². The second kappa shape index (κ2) is 6.72. The first kappa shape index (κ1) is 14.1. The highest BCUT2D eigenvalue weighted by molar-refractivity contribution is 5.85. The molecule has 0 aromatic heterocycles. The summed E-state index contributed by atoms with van der Waals surface area (Å²) < 4.78 is 11.0. The van der Waals surface area contributed by atoms with Crippen molar-refractivity contribution in [2.24, 2.45) is 0 Å². The summed E-state index contributed by atoms with van der Waals surface area (Å²) in [5.74, 6) is 1.69. The van der Waals surface area contributed by atoms with Crippen LogP contribution in [0.2, 0.25) is 0 Å². The number of hydrogen-bond donors (Lipinski definition) is 1. The topological polar surface area (TPSA) is 30.5 Å². The molecule has 4 heteroatoms. The molecule has 2 rings (SSSR count). The Morgan fingerprint density at radius 1 is 1.35 bits per heavy atom. The van der Waals surface area contributed by atoms with E-state index >= 15 is 0 Å². The van der Waals surface area contributed by atoms with E-state index in [-0.39, 0.29) is 12.4 Å². The molecule has 0 heterocycles. The van der Waals surface area contributed by atoms with E-state index in [4.69, 9.17) is 9.47 Å². The molecular weight excluding hydrogens is 238 g/mol. The van der Waals surface area contributed by atoms with Crippen LogP contribution in [0.1, 0.15) is 25.3 Å². The molecule has 17 heavy (non-hydrogen) atoms. The van der Waals surface area contributed by atoms with Gasteiger partial charge in [-0.25, -0.2) is 0 Å². The van der Waals surface area contributed by atoms with Crippen molar-refractivity contribution in [3.05, 3.63) is 23.8 Å². The van der Waals surface area contributed by atoms with Crippen molar-refractivity contribution in [3.8, 4) is 11.5 Å². The lowest BCUT2D eigenvalue weighted by Gasteiger charge is -2.14. The first-order chi connectivity index (χ1) is 7.85. The maximum Gasteiger partial charge on any atom is 0.165 e. The van der Waals surface area contributed by atoms with Crippen molar-refractivity contribution in [1.82, 2.24) is 5.32 Å². The SMILES string of the molecule is CCOc1c(CNC2CC2)cccc1OC.Cl. The zero-order chi connectivity index (χ0) is 11.4. The summed E-state index contributed by atoms with van der Waals surface area (Å²) in [4.78, 5) is 0. The van der Waals surface area contributed by atoms with Gasteiger partial charge in [0.05, 0.1) is 13.7 Å². The van der Waals surface area contributed by atoms with Gasteiger partial charge in [-0.2, -0.15) is 0 Å². The van der Waals surface area contributed by atoms with Gasteiger partial charge in [0.25, 0.3) is 0 Å². The van der Waals surface area contributed by atoms with Gasteiger partial charge in [0, 0.05) is 18.2 Å². The monoisotopic (exact) mass is 257 g/mol. The molecule has 1 aromatic rings. The Bertz CT molecular complexity index is 353. The van der Waals surface area contributed by atoms with Crippen LogP contribution < -0.4 is 14.8 Å². The first-order valence-corrected chi connectivity index (χ1v) is 5.87. The fraction of sp³-hybridized carbons (Fsp3) is 0.538. The van der Waals surface area contributed by atoms with Crippen LogP contribution in [-0.2, 0) is 6.54 Å². The van der Waals surface area contributed by atoms with Crippen molar-refractivity contribution in [3.63, 3.8) is 0 Å². The van der Waals surface area contributed by atoms with E-state index in [1.165, 1.54) is 18.4 Å². The number of halogens is 1. The van der Waals surface area contributed by atoms with Crippen LogP contribution in [0.5, 0.6) is 11.5 Å². The van der Waals surface area contributed by atoms with E-state index in [0.29, 0.717) is 12.6 Å². The molecule has 0 atom stereocenters. The van der Waals surface area contributed by atoms with E-state index in [9.17, 15) is 0 Å². The highest BCUT2D eigenvalue weighted by atomic mass is 35.5. The van der Waals surface area contributed by atoms with Gasteiger partial charge in [-0.05, 0) is 25.8 Å². The molecule has 1 saturated carbocycles. The fourth-order valence-corrected chi connectivity index (χ4v) is 1.71. The van der Waals surface area contributed by atoms with Crippen molar-refractivity contribution in [1.29, 1.82) is 0 Å². The average Bonchev–Trinajstić information content (AvgIpc) is 3.12. The second-order valence-corrected chi connectivity index (χ2v) is 4.04. The highest BCUT2D eigenvalue weighted by Gasteiger charge is 2.21. The number of nitrogens with one attached hydrogen (secondary N) is 1. The molecule has 1 N–H and O–H groups in total. The van der Waals surface area contributed by atoms with E-state index in [0.717, 1.165) is 18.0 Å². The zero-order valence-corrected chi connectivity index (χ0v) is 11.2. The van der Waals surface area contributed by atoms with Crippen molar-refractivity contribution in [2.45, 2.75) is 32.4 Å². The molecule has 0 radical (unpaired) electrons. The molecule has 0 spiro atoms. The molecular formula is C13H20ClNO2. The van der Waals surface area contributed by atoms with E-state index in [1.54, 1.807) is 7.11 Å². The Labute approximate surface area is 109 Å². The number of ether oxygens (including phenoxy) is 2. The Kier molecular flexibility index (Phi) is 5.59. The number of rotatable bonds is 6. The van der Waals surface area contributed by atoms with E-state index in [2.05, 4.69) is 11.4 Å². The average molecular weight is 258 g/mol. The maximum absolute atomic E-state index is 5.65. The quantitative estimate of drug-likeness (QED) is 0.850. The van der Waals surface area contributed by atoms with Gasteiger partial charge in [-0.1, -0.05) is 12.1 Å². The molecule has 1 aromatic carbocycles. The standard InChI is InChI=1S/C13H19NO2.ClH/c1-3-16-13-10(9-14-11-7-8-11)5-4-6-12(13)15-2;/h4-6,11,14H,3,7-9H2,1-2H3;1H. The van der Waals surface area contributed by atoms with Crippen LogP contribution in [0, 0.1) is 0 Å². The van der Waals surface area contributed by atoms with E-state index < -0.39 is 0 Å². The van der Waals surface area contributed by atoms with Crippen molar-refractivity contribution >= 4 is 12.4 Å². The Morgan fingerprint density at radius 3 is 2.71 bits per heavy atom. The third kappa shape index (κ3) is 3.79. The fourth-order valence-electron chi connectivity index (χ4n) is 1.71. The van der Waals surface area contributed by atoms with Crippen LogP contribution in [0.15, 0.2) is 18.2 Å². The lowest BCUT2D eigenvalue weighted by Crippen LogP contribution is -2.16. The molecule has 1 fully saturated rings. The van der Waals surface area contributed by atoms with Crippen LogP contribution in [0.25, 0.3) is 0 Å². The molecule has 0 unspecified atom stereocenters. The summed E-state index contributed by atoms with van der Waals surface area (Å²) in [6.07, 6.45) is 2.60. The zero-order valence-electron chi connectivity index (χ0n) is 10.4. The number of para-hydroxylation sites is 1. The minimum Gasteiger partial charge on any atom is -0.493 e. The third-order valence-electron chi connectivity index (χ3n) is 2.73. The molecule has 1 aliphatic rings. The lowest BCUT2D eigenvalue weighted by molar-refractivity contribution is 0.306. The minimum atomic E-state index is 0. The Morgan fingerprint density at radius 2 is 2.12 bits per heavy atom. The van der Waals surface area contributed by atoms with E-state index in [1.807, 2.05) is 19.1 Å². The predicted molar refractivity (Wildman–Crippen MR) is 71.3 cm³/mol. The summed E-state index contributed by atoms with van der Waals surface area (Å²) in [6.45, 7) is 3.51. The summed E-state index contributed by atoms with van der Waals surface area (Å²) in [7, 11) is 1.68. The van der Waals surface area contributed by atoms with Gasteiger partial charge in [0.2, 0.25) is 0 Å². The van der Waals surface area contributed by atoms with Crippen LogP contribution in [-0.4, -0.2) is 19.8 Å². The van der Waals surface area contributed by atoms with Crippen LogP contribution >= 0.6 is 12.4 Å². The summed E-state index contributed by atoms with van der Waals surface area (Å²) in [5.41, 5.74) is 1.17. The number of methoxy groups -OCH3 is 1. The van der Waals surface area contributed by atoms with Gasteiger partial charge in [-0.3, -0.25) is 0 Å². The van der Waals surface area contributed by atoms with Crippen molar-refractivity contribution < 1.29 is 9.47 Å². The maximum atomic E-state index is 5.65. The normalized spacial score (nSPS) is 14.0. The summed E-state index contributed by atoms with van der Waals surface area (Å²) in [6, 6.07) is 6.74. The highest BCUT2D eigenvalue weighted by Crippen LogP contribution is 2.31. The largest absolute Gasteiger partial charge is 0.493 e. The van der Waals surface area contributed by atoms with Gasteiger partial charge in [0.1, 0.15) is 0 Å². The smallest absolute Gasteiger partial charge is 0.165 e. The Balaban J connectivity index is 0.00000144. The van der Waals surface area contributed by atoms with Gasteiger partial charge >= 0.3 is 0 Å². The lowest BCUT2D eigenvalue weighted by atomic mass is 10.2. The molecule has 0 saturated heterocycles. The third-order valence-corrected chi connectivity index (χ3v) is 2.73. The predicted octanol–water partition coefficient (Wildman–Crippen LogP) is 2.77. The molecule has 0 aliphatic heterocycles. The molecule has 0 bridgehead atoms. The Hall–Kier alpha value is -0.930. The molecule has 3 nitrogen and oxygen atoms in total. The van der Waals surface area contributed by atoms with Gasteiger partial charge in [0.15, 0.2) is 11.5 Å². The number of hydrogen-bond acceptors (Lipinski definition) is 3.